The van der Waals surface area contributed by atoms with Gasteiger partial charge in [0, 0.05) is 0 Å². The third-order valence-corrected chi connectivity index (χ3v) is 4.57. The van der Waals surface area contributed by atoms with E-state index >= 15 is 0 Å². The van der Waals surface area contributed by atoms with Gasteiger partial charge in [0.15, 0.2) is 17.3 Å². The number of hydrogen-bond donors (Lipinski definition) is 1. The molecule has 5 heteroatoms. The highest BCUT2D eigenvalue weighted by atomic mass is 16.5. The second kappa shape index (κ2) is 7.56. The fourth-order valence-electron chi connectivity index (χ4n) is 3.02. The molecule has 0 aliphatic heterocycles. The Morgan fingerprint density at radius 1 is 0.893 bits per heavy atom. The van der Waals surface area contributed by atoms with Crippen molar-refractivity contribution < 1.29 is 14.6 Å². The number of fused-ring (bicyclic) bond motifs is 1. The summed E-state index contributed by atoms with van der Waals surface area (Å²) >= 11 is 0. The Balaban J connectivity index is 1.83. The monoisotopic (exact) mass is 372 g/mol. The van der Waals surface area contributed by atoms with Crippen molar-refractivity contribution in [1.29, 1.82) is 0 Å². The molecule has 140 valence electrons. The number of rotatable bonds is 5. The van der Waals surface area contributed by atoms with Gasteiger partial charge in [-0.2, -0.15) is 4.98 Å². The molecule has 4 rings (SSSR count). The molecule has 0 amide bonds. The van der Waals surface area contributed by atoms with Crippen LogP contribution in [-0.4, -0.2) is 22.2 Å². The van der Waals surface area contributed by atoms with E-state index in [1.165, 1.54) is 12.7 Å². The maximum atomic E-state index is 10.5. The Kier molecular flexibility index (Phi) is 4.81. The first-order valence-corrected chi connectivity index (χ1v) is 9.09. The highest BCUT2D eigenvalue weighted by Crippen LogP contribution is 2.37. The van der Waals surface area contributed by atoms with Crippen LogP contribution in [0.1, 0.15) is 12.5 Å². The largest absolute Gasteiger partial charge is 0.504 e. The summed E-state index contributed by atoms with van der Waals surface area (Å²) in [7, 11) is 1.51. The number of ether oxygens (including phenoxy) is 2. The van der Waals surface area contributed by atoms with Gasteiger partial charge in [0.25, 0.3) is 0 Å². The number of nitrogens with zero attached hydrogens (tertiary/aromatic N) is 2. The summed E-state index contributed by atoms with van der Waals surface area (Å²) in [5.41, 5.74) is 2.45. The molecule has 0 aliphatic rings. The van der Waals surface area contributed by atoms with E-state index in [2.05, 4.69) is 16.9 Å². The van der Waals surface area contributed by atoms with Crippen LogP contribution in [0.15, 0.2) is 66.7 Å². The molecule has 1 heterocycles. The Bertz CT molecular complexity index is 1120. The molecule has 5 nitrogen and oxygen atoms in total. The van der Waals surface area contributed by atoms with Gasteiger partial charge in [0.2, 0.25) is 5.88 Å². The lowest BCUT2D eigenvalue weighted by atomic mass is 10.1. The van der Waals surface area contributed by atoms with E-state index in [4.69, 9.17) is 9.47 Å². The molecular weight excluding hydrogens is 352 g/mol. The molecule has 0 saturated heterocycles. The van der Waals surface area contributed by atoms with Crippen molar-refractivity contribution in [3.8, 4) is 34.5 Å². The van der Waals surface area contributed by atoms with Crippen LogP contribution in [0.5, 0.6) is 23.1 Å². The van der Waals surface area contributed by atoms with Gasteiger partial charge in [-0.3, -0.25) is 0 Å². The van der Waals surface area contributed by atoms with Crippen LogP contribution in [0.3, 0.4) is 0 Å². The molecule has 0 atom stereocenters. The quantitative estimate of drug-likeness (QED) is 0.510. The molecule has 0 unspecified atom stereocenters. The number of aryl methyl sites for hydroxylation is 1. The van der Waals surface area contributed by atoms with Crippen LogP contribution in [0, 0.1) is 0 Å². The lowest BCUT2D eigenvalue weighted by Gasteiger charge is -2.12. The number of hydrogen-bond acceptors (Lipinski definition) is 5. The Hall–Kier alpha value is -3.60. The molecule has 0 radical (unpaired) electrons. The first-order valence-electron chi connectivity index (χ1n) is 9.09. The third-order valence-electron chi connectivity index (χ3n) is 4.57. The summed E-state index contributed by atoms with van der Waals surface area (Å²) in [5, 5.41) is 11.3. The number of para-hydroxylation sites is 2. The minimum atomic E-state index is -0.00136. The molecule has 0 aliphatic carbocycles. The molecule has 4 aromatic rings. The zero-order valence-corrected chi connectivity index (χ0v) is 15.7. The van der Waals surface area contributed by atoms with Crippen molar-refractivity contribution in [2.24, 2.45) is 0 Å². The van der Waals surface area contributed by atoms with Gasteiger partial charge >= 0.3 is 0 Å². The van der Waals surface area contributed by atoms with Gasteiger partial charge in [0.1, 0.15) is 5.75 Å². The van der Waals surface area contributed by atoms with Gasteiger partial charge in [-0.25, -0.2) is 4.98 Å². The van der Waals surface area contributed by atoms with E-state index < -0.39 is 0 Å². The summed E-state index contributed by atoms with van der Waals surface area (Å²) in [5.74, 6) is 1.87. The summed E-state index contributed by atoms with van der Waals surface area (Å²) in [6.45, 7) is 2.11. The standard InChI is InChI=1S/C23H20N2O3/c1-3-15-11-13-16(14-12-15)28-23-17-7-4-5-9-19(17)24-22(25-23)18-8-6-10-20(27-2)21(18)26/h4-14,26H,3H2,1-2H3. The first kappa shape index (κ1) is 17.8. The maximum absolute atomic E-state index is 10.5. The summed E-state index contributed by atoms with van der Waals surface area (Å²) < 4.78 is 11.3. The van der Waals surface area contributed by atoms with Crippen LogP contribution in [0.25, 0.3) is 22.3 Å². The van der Waals surface area contributed by atoms with Gasteiger partial charge in [-0.1, -0.05) is 37.3 Å². The van der Waals surface area contributed by atoms with E-state index in [0.29, 0.717) is 28.8 Å². The predicted molar refractivity (Wildman–Crippen MR) is 109 cm³/mol. The summed E-state index contributed by atoms with van der Waals surface area (Å²) in [6, 6.07) is 20.8. The highest BCUT2D eigenvalue weighted by molar-refractivity contribution is 5.86. The molecule has 0 spiro atoms. The van der Waals surface area contributed by atoms with Crippen molar-refractivity contribution in [1.82, 2.24) is 9.97 Å². The normalized spacial score (nSPS) is 10.8. The zero-order chi connectivity index (χ0) is 19.5. The van der Waals surface area contributed by atoms with E-state index in [9.17, 15) is 5.11 Å². The highest BCUT2D eigenvalue weighted by Gasteiger charge is 2.16. The zero-order valence-electron chi connectivity index (χ0n) is 15.7. The predicted octanol–water partition coefficient (Wildman–Crippen LogP) is 5.37. The van der Waals surface area contributed by atoms with Crippen molar-refractivity contribution >= 4 is 10.9 Å². The minimum absolute atomic E-state index is 0.00136. The van der Waals surface area contributed by atoms with Crippen molar-refractivity contribution in [2.75, 3.05) is 7.11 Å². The number of aromatic nitrogens is 2. The minimum Gasteiger partial charge on any atom is -0.504 e. The second-order valence-electron chi connectivity index (χ2n) is 6.33. The smallest absolute Gasteiger partial charge is 0.230 e. The molecule has 3 aromatic carbocycles. The van der Waals surface area contributed by atoms with E-state index in [1.54, 1.807) is 18.2 Å². The van der Waals surface area contributed by atoms with Crippen LogP contribution in [-0.2, 0) is 6.42 Å². The van der Waals surface area contributed by atoms with Crippen molar-refractivity contribution in [3.05, 3.63) is 72.3 Å². The maximum Gasteiger partial charge on any atom is 0.230 e. The molecule has 0 bridgehead atoms. The van der Waals surface area contributed by atoms with Crippen molar-refractivity contribution in [2.45, 2.75) is 13.3 Å². The SMILES string of the molecule is CCc1ccc(Oc2nc(-c3cccc(OC)c3O)nc3ccccc23)cc1. The Morgan fingerprint density at radius 2 is 1.68 bits per heavy atom. The first-order chi connectivity index (χ1) is 13.7. The molecule has 0 fully saturated rings. The molecular formula is C23H20N2O3. The van der Waals surface area contributed by atoms with E-state index in [0.717, 1.165) is 17.3 Å². The number of methoxy groups -OCH3 is 1. The fraction of sp³-hybridized carbons (Fsp3) is 0.130. The lowest BCUT2D eigenvalue weighted by Crippen LogP contribution is -1.97. The average molecular weight is 372 g/mol. The second-order valence-corrected chi connectivity index (χ2v) is 6.33. The number of phenols is 1. The lowest BCUT2D eigenvalue weighted by molar-refractivity contribution is 0.374. The molecule has 1 N–H and O–H groups in total. The topological polar surface area (TPSA) is 64.5 Å². The summed E-state index contributed by atoms with van der Waals surface area (Å²) in [6.07, 6.45) is 0.968. The average Bonchev–Trinajstić information content (AvgIpc) is 2.74. The molecule has 1 aromatic heterocycles. The molecule has 0 saturated carbocycles. The molecule has 28 heavy (non-hydrogen) atoms. The Morgan fingerprint density at radius 3 is 2.43 bits per heavy atom. The van der Waals surface area contributed by atoms with Gasteiger partial charge in [-0.15, -0.1) is 0 Å². The Labute approximate surface area is 163 Å². The van der Waals surface area contributed by atoms with Crippen LogP contribution >= 0.6 is 0 Å². The van der Waals surface area contributed by atoms with Gasteiger partial charge < -0.3 is 14.6 Å². The number of benzene rings is 3. The fourth-order valence-corrected chi connectivity index (χ4v) is 3.02. The van der Waals surface area contributed by atoms with Gasteiger partial charge in [-0.05, 0) is 48.4 Å². The van der Waals surface area contributed by atoms with E-state index in [1.807, 2.05) is 48.5 Å². The number of aromatic hydroxyl groups is 1. The number of phenolic OH excluding ortho intramolecular Hbond substituents is 1. The van der Waals surface area contributed by atoms with Gasteiger partial charge in [0.05, 0.1) is 23.6 Å². The summed E-state index contributed by atoms with van der Waals surface area (Å²) in [4.78, 5) is 9.20. The van der Waals surface area contributed by atoms with E-state index in [-0.39, 0.29) is 5.75 Å². The van der Waals surface area contributed by atoms with Crippen molar-refractivity contribution in [3.63, 3.8) is 0 Å². The van der Waals surface area contributed by atoms with Crippen LogP contribution in [0.2, 0.25) is 0 Å². The third kappa shape index (κ3) is 3.34. The van der Waals surface area contributed by atoms with Crippen LogP contribution in [0.4, 0.5) is 0 Å². The van der Waals surface area contributed by atoms with Crippen LogP contribution < -0.4 is 9.47 Å².